The highest BCUT2D eigenvalue weighted by atomic mass is 32.2. The average Bonchev–Trinajstić information content (AvgIpc) is 2.07. The maximum atomic E-state index is 5.26. The van der Waals surface area contributed by atoms with E-state index in [9.17, 15) is 0 Å². The SMILES string of the molecule is CCSCCN1CCOCC1. The monoisotopic (exact) mass is 175 g/mol. The molecule has 0 radical (unpaired) electrons. The second-order valence-electron chi connectivity index (χ2n) is 2.65. The van der Waals surface area contributed by atoms with Crippen LogP contribution in [0.2, 0.25) is 0 Å². The van der Waals surface area contributed by atoms with Gasteiger partial charge in [0, 0.05) is 25.4 Å². The maximum Gasteiger partial charge on any atom is 0.0594 e. The van der Waals surface area contributed by atoms with Gasteiger partial charge >= 0.3 is 0 Å². The molecule has 0 amide bonds. The number of rotatable bonds is 4. The fourth-order valence-electron chi connectivity index (χ4n) is 1.16. The van der Waals surface area contributed by atoms with Crippen molar-refractivity contribution >= 4 is 11.8 Å². The molecule has 0 N–H and O–H groups in total. The Morgan fingerprint density at radius 2 is 2.09 bits per heavy atom. The molecule has 0 aromatic carbocycles. The summed E-state index contributed by atoms with van der Waals surface area (Å²) in [6.07, 6.45) is 0. The number of ether oxygens (including phenoxy) is 1. The first-order valence-corrected chi connectivity index (χ1v) is 5.47. The maximum absolute atomic E-state index is 5.26. The van der Waals surface area contributed by atoms with Gasteiger partial charge in [-0.25, -0.2) is 0 Å². The number of thioether (sulfide) groups is 1. The van der Waals surface area contributed by atoms with E-state index in [1.807, 2.05) is 11.8 Å². The van der Waals surface area contributed by atoms with Crippen molar-refractivity contribution in [3.05, 3.63) is 0 Å². The Bertz CT molecular complexity index is 94.1. The molecule has 2 nitrogen and oxygen atoms in total. The standard InChI is InChI=1S/C8H17NOS/c1-2-11-8-5-9-3-6-10-7-4-9/h2-8H2,1H3. The van der Waals surface area contributed by atoms with Crippen molar-refractivity contribution in [3.63, 3.8) is 0 Å². The van der Waals surface area contributed by atoms with E-state index in [2.05, 4.69) is 11.8 Å². The van der Waals surface area contributed by atoms with Crippen LogP contribution < -0.4 is 0 Å². The lowest BCUT2D eigenvalue weighted by atomic mass is 10.4. The molecule has 1 rings (SSSR count). The largest absolute Gasteiger partial charge is 0.379 e. The van der Waals surface area contributed by atoms with Crippen LogP contribution in [-0.2, 0) is 4.74 Å². The summed E-state index contributed by atoms with van der Waals surface area (Å²) >= 11 is 2.02. The summed E-state index contributed by atoms with van der Waals surface area (Å²) < 4.78 is 5.26. The lowest BCUT2D eigenvalue weighted by Crippen LogP contribution is -2.37. The highest BCUT2D eigenvalue weighted by Crippen LogP contribution is 2.01. The van der Waals surface area contributed by atoms with Crippen LogP contribution in [-0.4, -0.2) is 49.3 Å². The highest BCUT2D eigenvalue weighted by Gasteiger charge is 2.08. The number of hydrogen-bond donors (Lipinski definition) is 0. The molecule has 0 aromatic heterocycles. The van der Waals surface area contributed by atoms with Crippen LogP contribution in [0.3, 0.4) is 0 Å². The Hall–Kier alpha value is 0.270. The van der Waals surface area contributed by atoms with Gasteiger partial charge < -0.3 is 4.74 Å². The average molecular weight is 175 g/mol. The van der Waals surface area contributed by atoms with E-state index in [0.717, 1.165) is 26.3 Å². The fraction of sp³-hybridized carbons (Fsp3) is 1.00. The minimum absolute atomic E-state index is 0.927. The Labute approximate surface area is 73.3 Å². The van der Waals surface area contributed by atoms with E-state index in [4.69, 9.17) is 4.74 Å². The van der Waals surface area contributed by atoms with Crippen LogP contribution in [0.1, 0.15) is 6.92 Å². The highest BCUT2D eigenvalue weighted by molar-refractivity contribution is 7.99. The molecule has 11 heavy (non-hydrogen) atoms. The Balaban J connectivity index is 1.96. The first kappa shape index (κ1) is 9.36. The second kappa shape index (κ2) is 5.86. The van der Waals surface area contributed by atoms with Crippen LogP contribution in [0.5, 0.6) is 0 Å². The molecule has 1 aliphatic heterocycles. The summed E-state index contributed by atoms with van der Waals surface area (Å²) in [4.78, 5) is 2.48. The van der Waals surface area contributed by atoms with E-state index < -0.39 is 0 Å². The van der Waals surface area contributed by atoms with Gasteiger partial charge in [-0.15, -0.1) is 0 Å². The van der Waals surface area contributed by atoms with Gasteiger partial charge in [0.2, 0.25) is 0 Å². The van der Waals surface area contributed by atoms with Crippen molar-refractivity contribution in [1.82, 2.24) is 4.90 Å². The van der Waals surface area contributed by atoms with Gasteiger partial charge in [0.15, 0.2) is 0 Å². The molecule has 1 heterocycles. The molecule has 0 bridgehead atoms. The van der Waals surface area contributed by atoms with E-state index in [0.29, 0.717) is 0 Å². The van der Waals surface area contributed by atoms with Crippen molar-refractivity contribution in [3.8, 4) is 0 Å². The van der Waals surface area contributed by atoms with Gasteiger partial charge in [-0.05, 0) is 5.75 Å². The Kier molecular flexibility index (Phi) is 4.99. The molecule has 0 aliphatic carbocycles. The Morgan fingerprint density at radius 1 is 1.36 bits per heavy atom. The van der Waals surface area contributed by atoms with Crippen molar-refractivity contribution in [1.29, 1.82) is 0 Å². The first-order chi connectivity index (χ1) is 5.43. The van der Waals surface area contributed by atoms with Crippen molar-refractivity contribution in [2.24, 2.45) is 0 Å². The number of nitrogens with zero attached hydrogens (tertiary/aromatic N) is 1. The van der Waals surface area contributed by atoms with Crippen LogP contribution in [0.25, 0.3) is 0 Å². The van der Waals surface area contributed by atoms with E-state index in [1.54, 1.807) is 0 Å². The summed E-state index contributed by atoms with van der Waals surface area (Å²) in [5, 5.41) is 0. The quantitative estimate of drug-likeness (QED) is 0.593. The molecule has 1 fully saturated rings. The van der Waals surface area contributed by atoms with Gasteiger partial charge in [0.25, 0.3) is 0 Å². The molecule has 0 spiro atoms. The first-order valence-electron chi connectivity index (χ1n) is 4.31. The van der Waals surface area contributed by atoms with Crippen LogP contribution in [0.15, 0.2) is 0 Å². The third-order valence-corrected chi connectivity index (χ3v) is 2.74. The zero-order chi connectivity index (χ0) is 7.94. The van der Waals surface area contributed by atoms with Crippen LogP contribution >= 0.6 is 11.8 Å². The van der Waals surface area contributed by atoms with Crippen LogP contribution in [0.4, 0.5) is 0 Å². The zero-order valence-electron chi connectivity index (χ0n) is 7.21. The number of morpholine rings is 1. The van der Waals surface area contributed by atoms with Gasteiger partial charge in [0.05, 0.1) is 13.2 Å². The van der Waals surface area contributed by atoms with E-state index in [-0.39, 0.29) is 0 Å². The van der Waals surface area contributed by atoms with Crippen molar-refractivity contribution < 1.29 is 4.74 Å². The molecule has 1 saturated heterocycles. The van der Waals surface area contributed by atoms with Gasteiger partial charge in [0.1, 0.15) is 0 Å². The third-order valence-electron chi connectivity index (χ3n) is 1.86. The predicted octanol–water partition coefficient (Wildman–Crippen LogP) is 1.07. The Morgan fingerprint density at radius 3 is 2.73 bits per heavy atom. The van der Waals surface area contributed by atoms with E-state index in [1.165, 1.54) is 18.1 Å². The molecule has 1 aliphatic rings. The van der Waals surface area contributed by atoms with Crippen LogP contribution in [0, 0.1) is 0 Å². The number of hydrogen-bond acceptors (Lipinski definition) is 3. The lowest BCUT2D eigenvalue weighted by Gasteiger charge is -2.26. The fourth-order valence-corrected chi connectivity index (χ4v) is 1.84. The second-order valence-corrected chi connectivity index (χ2v) is 4.04. The van der Waals surface area contributed by atoms with Gasteiger partial charge in [-0.3, -0.25) is 4.90 Å². The topological polar surface area (TPSA) is 12.5 Å². The molecular weight excluding hydrogens is 158 g/mol. The molecule has 0 atom stereocenters. The third kappa shape index (κ3) is 3.99. The molecule has 66 valence electrons. The zero-order valence-corrected chi connectivity index (χ0v) is 8.03. The molecule has 3 heteroatoms. The van der Waals surface area contributed by atoms with E-state index >= 15 is 0 Å². The lowest BCUT2D eigenvalue weighted by molar-refractivity contribution is 0.0410. The summed E-state index contributed by atoms with van der Waals surface area (Å²) in [7, 11) is 0. The summed E-state index contributed by atoms with van der Waals surface area (Å²) in [5.74, 6) is 2.51. The minimum atomic E-state index is 0.927. The van der Waals surface area contributed by atoms with Gasteiger partial charge in [-0.1, -0.05) is 6.92 Å². The van der Waals surface area contributed by atoms with Crippen molar-refractivity contribution in [2.45, 2.75) is 6.92 Å². The van der Waals surface area contributed by atoms with Gasteiger partial charge in [-0.2, -0.15) is 11.8 Å². The molecular formula is C8H17NOS. The smallest absolute Gasteiger partial charge is 0.0594 e. The minimum Gasteiger partial charge on any atom is -0.379 e. The predicted molar refractivity (Wildman–Crippen MR) is 50.3 cm³/mol. The normalized spacial score (nSPS) is 20.5. The molecule has 0 aromatic rings. The van der Waals surface area contributed by atoms with Crippen molar-refractivity contribution in [2.75, 3.05) is 44.4 Å². The molecule has 0 unspecified atom stereocenters. The molecule has 0 saturated carbocycles. The summed E-state index contributed by atoms with van der Waals surface area (Å²) in [6, 6.07) is 0. The summed E-state index contributed by atoms with van der Waals surface area (Å²) in [6.45, 7) is 7.56. The summed E-state index contributed by atoms with van der Waals surface area (Å²) in [5.41, 5.74) is 0.